The molecule has 6 fully saturated rings. The van der Waals surface area contributed by atoms with Gasteiger partial charge in [-0.3, -0.25) is 15.0 Å². The molecule has 5 unspecified atom stereocenters. The van der Waals surface area contributed by atoms with Crippen LogP contribution in [0.5, 0.6) is 0 Å². The van der Waals surface area contributed by atoms with E-state index in [2.05, 4.69) is 10.2 Å². The molecule has 4 aliphatic carbocycles. The Bertz CT molecular complexity index is 789. The molecule has 7 heteroatoms. The molecule has 4 saturated carbocycles. The summed E-state index contributed by atoms with van der Waals surface area (Å²) in [6.45, 7) is 6.19. The number of carbonyl (C=O) groups is 1. The number of hydrogen-bond donors (Lipinski definition) is 3. The number of rotatable bonds is 7. The molecule has 0 aromatic carbocycles. The van der Waals surface area contributed by atoms with Gasteiger partial charge in [-0.15, -0.1) is 0 Å². The van der Waals surface area contributed by atoms with Gasteiger partial charge < -0.3 is 19.7 Å². The van der Waals surface area contributed by atoms with Gasteiger partial charge in [-0.2, -0.15) is 0 Å². The molecule has 0 aromatic heterocycles. The van der Waals surface area contributed by atoms with Crippen molar-refractivity contribution in [3.63, 3.8) is 0 Å². The molecule has 33 heavy (non-hydrogen) atoms. The monoisotopic (exact) mass is 462 g/mol. The number of carboxylic acids is 1. The molecule has 0 radical (unpaired) electrons. The lowest BCUT2D eigenvalue weighted by atomic mass is 9.42. The molecule has 10 atom stereocenters. The summed E-state index contributed by atoms with van der Waals surface area (Å²) in [5.41, 5.74) is -0.427. The molecule has 186 valence electrons. The van der Waals surface area contributed by atoms with Crippen LogP contribution < -0.4 is 5.32 Å². The van der Waals surface area contributed by atoms with E-state index in [0.29, 0.717) is 17.9 Å². The summed E-state index contributed by atoms with van der Waals surface area (Å²) in [5, 5.41) is 24.5. The lowest BCUT2D eigenvalue weighted by Gasteiger charge is -2.70. The van der Waals surface area contributed by atoms with Crippen molar-refractivity contribution >= 4 is 5.97 Å². The number of carboxylic acid groups (broad SMARTS) is 1. The van der Waals surface area contributed by atoms with Gasteiger partial charge in [0.25, 0.3) is 0 Å². The quantitative estimate of drug-likeness (QED) is 0.535. The number of nitrogens with zero attached hydrogens (tertiary/aromatic N) is 1. The molecule has 0 amide bonds. The van der Waals surface area contributed by atoms with Crippen molar-refractivity contribution in [1.29, 1.82) is 0 Å². The van der Waals surface area contributed by atoms with Crippen LogP contribution in [0.2, 0.25) is 0 Å². The highest BCUT2D eigenvalue weighted by molar-refractivity contribution is 5.73. The lowest BCUT2D eigenvalue weighted by molar-refractivity contribution is -0.272. The Morgan fingerprint density at radius 1 is 1.21 bits per heavy atom. The first kappa shape index (κ1) is 22.7. The van der Waals surface area contributed by atoms with E-state index in [9.17, 15) is 15.0 Å². The van der Waals surface area contributed by atoms with Crippen LogP contribution in [0.1, 0.15) is 65.2 Å². The maximum atomic E-state index is 12.0. The fraction of sp³-hybridized carbons (Fsp3) is 0.962. The van der Waals surface area contributed by atoms with E-state index in [1.165, 1.54) is 19.4 Å². The molecule has 2 saturated heterocycles. The van der Waals surface area contributed by atoms with Gasteiger partial charge in [0.15, 0.2) is 0 Å². The highest BCUT2D eigenvalue weighted by Gasteiger charge is 2.78. The van der Waals surface area contributed by atoms with E-state index in [1.807, 2.05) is 21.0 Å². The maximum absolute atomic E-state index is 12.0. The Labute approximate surface area is 197 Å². The molecule has 0 aromatic rings. The summed E-state index contributed by atoms with van der Waals surface area (Å²) < 4.78 is 13.5. The molecule has 1 spiro atoms. The van der Waals surface area contributed by atoms with Gasteiger partial charge in [0.2, 0.25) is 0 Å². The molecule has 2 aliphatic heterocycles. The standard InChI is InChI=1S/C26H42N2O5/c1-14(2)21(24(30)31)27-17-8-9-26(32-3)19-12-16-6-7-18(29)22-20(16)25(26,23(17)33-22)10-11-28(19)13-15-4-5-15/h14-23,27,29H,4-13H2,1-3H3,(H,30,31)/t16?,17-,18?,19?,20?,21+,22?,23-,25-,26+/m0/s1. The number of likely N-dealkylation sites (tertiary alicyclic amines) is 1. The summed E-state index contributed by atoms with van der Waals surface area (Å²) in [6.07, 6.45) is 7.87. The summed E-state index contributed by atoms with van der Waals surface area (Å²) in [5.74, 6) is 0.911. The van der Waals surface area contributed by atoms with Gasteiger partial charge in [-0.05, 0) is 75.7 Å². The highest BCUT2D eigenvalue weighted by atomic mass is 16.5. The van der Waals surface area contributed by atoms with Crippen molar-refractivity contribution in [2.24, 2.45) is 29.1 Å². The zero-order valence-electron chi connectivity index (χ0n) is 20.4. The van der Waals surface area contributed by atoms with Crippen LogP contribution in [0.4, 0.5) is 0 Å². The molecular formula is C26H42N2O5. The summed E-state index contributed by atoms with van der Waals surface area (Å²) in [7, 11) is 1.90. The average Bonchev–Trinajstić information content (AvgIpc) is 3.53. The number of hydrogen-bond acceptors (Lipinski definition) is 6. The van der Waals surface area contributed by atoms with Gasteiger partial charge in [0, 0.05) is 37.1 Å². The molecule has 3 N–H and O–H groups in total. The highest BCUT2D eigenvalue weighted by Crippen LogP contribution is 2.70. The van der Waals surface area contributed by atoms with Crippen molar-refractivity contribution in [2.45, 2.75) is 107 Å². The van der Waals surface area contributed by atoms with Gasteiger partial charge in [-0.1, -0.05) is 13.8 Å². The predicted octanol–water partition coefficient (Wildman–Crippen LogP) is 2.26. The number of piperidine rings is 1. The van der Waals surface area contributed by atoms with Gasteiger partial charge in [0.05, 0.1) is 23.9 Å². The first-order valence-electron chi connectivity index (χ1n) is 13.4. The summed E-state index contributed by atoms with van der Waals surface area (Å²) >= 11 is 0. The third kappa shape index (κ3) is 3.08. The fourth-order valence-electron chi connectivity index (χ4n) is 9.23. The van der Waals surface area contributed by atoms with E-state index < -0.39 is 18.1 Å². The number of aliphatic hydroxyl groups excluding tert-OH is 1. The number of aliphatic carboxylic acids is 1. The first-order valence-corrected chi connectivity index (χ1v) is 13.4. The number of aliphatic hydroxyl groups is 1. The molecule has 6 rings (SSSR count). The van der Waals surface area contributed by atoms with Crippen LogP contribution in [-0.4, -0.2) is 83.3 Å². The Morgan fingerprint density at radius 2 is 2.00 bits per heavy atom. The second kappa shape index (κ2) is 7.89. The summed E-state index contributed by atoms with van der Waals surface area (Å²) in [6, 6.07) is -0.216. The number of methoxy groups -OCH3 is 1. The van der Waals surface area contributed by atoms with Crippen LogP contribution in [0.3, 0.4) is 0 Å². The Kier molecular flexibility index (Phi) is 5.43. The van der Waals surface area contributed by atoms with Crippen molar-refractivity contribution in [3.8, 4) is 0 Å². The molecule has 2 bridgehead atoms. The SMILES string of the molecule is CO[C@]12CC[C@H](N[C@@H](C(=O)O)C(C)C)[C@@H]3OC4C(O)CCC5CC1N(CC1CC1)CC[C@]32C54. The Balaban J connectivity index is 1.41. The smallest absolute Gasteiger partial charge is 0.320 e. The van der Waals surface area contributed by atoms with Crippen molar-refractivity contribution in [1.82, 2.24) is 10.2 Å². The topological polar surface area (TPSA) is 91.3 Å². The van der Waals surface area contributed by atoms with Crippen LogP contribution in [0.15, 0.2) is 0 Å². The minimum absolute atomic E-state index is 0.00405. The van der Waals surface area contributed by atoms with Crippen molar-refractivity contribution < 1.29 is 24.5 Å². The minimum atomic E-state index is -0.792. The van der Waals surface area contributed by atoms with E-state index in [1.54, 1.807) is 0 Å². The van der Waals surface area contributed by atoms with Crippen molar-refractivity contribution in [2.75, 3.05) is 20.2 Å². The van der Waals surface area contributed by atoms with Gasteiger partial charge >= 0.3 is 5.97 Å². The number of nitrogens with one attached hydrogen (secondary N) is 1. The summed E-state index contributed by atoms with van der Waals surface area (Å²) in [4.78, 5) is 14.8. The second-order valence-electron chi connectivity index (χ2n) is 12.4. The molecular weight excluding hydrogens is 420 g/mol. The molecule has 7 nitrogen and oxygen atoms in total. The van der Waals surface area contributed by atoms with Gasteiger partial charge in [-0.25, -0.2) is 0 Å². The third-order valence-corrected chi connectivity index (χ3v) is 10.7. The van der Waals surface area contributed by atoms with Crippen molar-refractivity contribution in [3.05, 3.63) is 0 Å². The van der Waals surface area contributed by atoms with Crippen LogP contribution in [-0.2, 0) is 14.3 Å². The predicted molar refractivity (Wildman–Crippen MR) is 123 cm³/mol. The van der Waals surface area contributed by atoms with Gasteiger partial charge in [0.1, 0.15) is 6.04 Å². The lowest BCUT2D eigenvalue weighted by Crippen LogP contribution is -2.79. The third-order valence-electron chi connectivity index (χ3n) is 10.7. The van der Waals surface area contributed by atoms with E-state index >= 15 is 0 Å². The molecule has 2 heterocycles. The Morgan fingerprint density at radius 3 is 2.67 bits per heavy atom. The van der Waals surface area contributed by atoms with E-state index in [0.717, 1.165) is 51.0 Å². The average molecular weight is 463 g/mol. The zero-order chi connectivity index (χ0) is 23.1. The Hall–Kier alpha value is -0.730. The largest absolute Gasteiger partial charge is 0.480 e. The normalized spacial score (nSPS) is 49.7. The fourth-order valence-corrected chi connectivity index (χ4v) is 9.23. The van der Waals surface area contributed by atoms with Crippen LogP contribution in [0.25, 0.3) is 0 Å². The van der Waals surface area contributed by atoms with E-state index in [4.69, 9.17) is 9.47 Å². The minimum Gasteiger partial charge on any atom is -0.480 e. The van der Waals surface area contributed by atoms with Crippen LogP contribution >= 0.6 is 0 Å². The van der Waals surface area contributed by atoms with Crippen LogP contribution in [0, 0.1) is 29.1 Å². The second-order valence-corrected chi connectivity index (χ2v) is 12.4. The maximum Gasteiger partial charge on any atom is 0.320 e. The van der Waals surface area contributed by atoms with E-state index in [-0.39, 0.29) is 35.2 Å². The first-order chi connectivity index (χ1) is 15.8. The zero-order valence-corrected chi connectivity index (χ0v) is 20.4. The molecule has 6 aliphatic rings. The number of ether oxygens (including phenoxy) is 2.